The standard InChI is InChI=1S/C16H11BrO3/c17-13-6-3-5-12(10-13)15(18)9-8-11-4-1-2-7-14(11)16(19)20/h1-10H,(H,19,20). The molecule has 2 aromatic rings. The summed E-state index contributed by atoms with van der Waals surface area (Å²) in [7, 11) is 0. The minimum Gasteiger partial charge on any atom is -0.478 e. The zero-order chi connectivity index (χ0) is 14.5. The summed E-state index contributed by atoms with van der Waals surface area (Å²) in [5.74, 6) is -1.19. The summed E-state index contributed by atoms with van der Waals surface area (Å²) in [5, 5.41) is 9.06. The van der Waals surface area contributed by atoms with Crippen molar-refractivity contribution in [3.8, 4) is 0 Å². The molecule has 0 bridgehead atoms. The Bertz CT molecular complexity index is 690. The summed E-state index contributed by atoms with van der Waals surface area (Å²) >= 11 is 3.30. The van der Waals surface area contributed by atoms with Crippen molar-refractivity contribution < 1.29 is 14.7 Å². The fourth-order valence-electron chi connectivity index (χ4n) is 1.74. The van der Waals surface area contributed by atoms with E-state index in [2.05, 4.69) is 15.9 Å². The van der Waals surface area contributed by atoms with Crippen molar-refractivity contribution in [2.75, 3.05) is 0 Å². The van der Waals surface area contributed by atoms with Crippen molar-refractivity contribution in [2.24, 2.45) is 0 Å². The van der Waals surface area contributed by atoms with E-state index in [0.29, 0.717) is 11.1 Å². The van der Waals surface area contributed by atoms with Gasteiger partial charge in [-0.2, -0.15) is 0 Å². The molecule has 0 amide bonds. The van der Waals surface area contributed by atoms with E-state index in [4.69, 9.17) is 5.11 Å². The van der Waals surface area contributed by atoms with Crippen LogP contribution in [-0.2, 0) is 0 Å². The Hall–Kier alpha value is -2.20. The minimum atomic E-state index is -1.01. The molecular weight excluding hydrogens is 320 g/mol. The third kappa shape index (κ3) is 3.42. The number of benzene rings is 2. The Morgan fingerprint density at radius 3 is 2.50 bits per heavy atom. The lowest BCUT2D eigenvalue weighted by atomic mass is 10.1. The zero-order valence-electron chi connectivity index (χ0n) is 10.4. The van der Waals surface area contributed by atoms with Crippen LogP contribution in [0.15, 0.2) is 59.1 Å². The topological polar surface area (TPSA) is 54.4 Å². The number of carboxylic acids is 1. The maximum atomic E-state index is 12.0. The van der Waals surface area contributed by atoms with E-state index >= 15 is 0 Å². The molecule has 2 aromatic carbocycles. The highest BCUT2D eigenvalue weighted by molar-refractivity contribution is 9.10. The van der Waals surface area contributed by atoms with E-state index in [1.54, 1.807) is 36.4 Å². The number of hydrogen-bond donors (Lipinski definition) is 1. The zero-order valence-corrected chi connectivity index (χ0v) is 12.0. The molecule has 0 aromatic heterocycles. The lowest BCUT2D eigenvalue weighted by Crippen LogP contribution is -1.99. The van der Waals surface area contributed by atoms with Crippen molar-refractivity contribution in [1.82, 2.24) is 0 Å². The number of carbonyl (C=O) groups is 2. The SMILES string of the molecule is O=C(C=Cc1ccccc1C(=O)O)c1cccc(Br)c1. The fourth-order valence-corrected chi connectivity index (χ4v) is 2.14. The molecule has 0 heterocycles. The van der Waals surface area contributed by atoms with E-state index < -0.39 is 5.97 Å². The van der Waals surface area contributed by atoms with Gasteiger partial charge in [0.25, 0.3) is 0 Å². The number of aromatic carboxylic acids is 1. The Morgan fingerprint density at radius 2 is 1.80 bits per heavy atom. The summed E-state index contributed by atoms with van der Waals surface area (Å²) in [6, 6.07) is 13.6. The molecule has 100 valence electrons. The van der Waals surface area contributed by atoms with Gasteiger partial charge in [-0.25, -0.2) is 4.79 Å². The number of hydrogen-bond acceptors (Lipinski definition) is 2. The van der Waals surface area contributed by atoms with Crippen LogP contribution in [0.2, 0.25) is 0 Å². The highest BCUT2D eigenvalue weighted by Crippen LogP contribution is 2.14. The average Bonchev–Trinajstić information content (AvgIpc) is 2.45. The monoisotopic (exact) mass is 330 g/mol. The molecule has 1 N–H and O–H groups in total. The molecule has 3 nitrogen and oxygen atoms in total. The van der Waals surface area contributed by atoms with E-state index in [9.17, 15) is 9.59 Å². The van der Waals surface area contributed by atoms with Crippen molar-refractivity contribution in [1.29, 1.82) is 0 Å². The Morgan fingerprint density at radius 1 is 1.05 bits per heavy atom. The second-order valence-electron chi connectivity index (χ2n) is 4.10. The predicted molar refractivity (Wildman–Crippen MR) is 80.9 cm³/mol. The summed E-state index contributed by atoms with van der Waals surface area (Å²) in [6.07, 6.45) is 2.90. The Labute approximate surface area is 124 Å². The summed E-state index contributed by atoms with van der Waals surface area (Å²) in [5.41, 5.74) is 1.22. The maximum Gasteiger partial charge on any atom is 0.336 e. The molecular formula is C16H11BrO3. The van der Waals surface area contributed by atoms with Crippen molar-refractivity contribution >= 4 is 33.8 Å². The maximum absolute atomic E-state index is 12.0. The number of allylic oxidation sites excluding steroid dienone is 1. The largest absolute Gasteiger partial charge is 0.478 e. The van der Waals surface area contributed by atoms with Crippen molar-refractivity contribution in [2.45, 2.75) is 0 Å². The minimum absolute atomic E-state index is 0.172. The third-order valence-electron chi connectivity index (χ3n) is 2.71. The molecule has 4 heteroatoms. The van der Waals surface area contributed by atoms with Gasteiger partial charge in [-0.1, -0.05) is 52.3 Å². The quantitative estimate of drug-likeness (QED) is 0.679. The lowest BCUT2D eigenvalue weighted by molar-refractivity contribution is 0.0696. The van der Waals surface area contributed by atoms with Crippen molar-refractivity contribution in [3.05, 3.63) is 75.8 Å². The van der Waals surface area contributed by atoms with Gasteiger partial charge in [-0.3, -0.25) is 4.79 Å². The molecule has 0 saturated heterocycles. The lowest BCUT2D eigenvalue weighted by Gasteiger charge is -2.00. The van der Waals surface area contributed by atoms with Gasteiger partial charge in [0.2, 0.25) is 0 Å². The highest BCUT2D eigenvalue weighted by Gasteiger charge is 2.07. The molecule has 2 rings (SSSR count). The van der Waals surface area contributed by atoms with Crippen LogP contribution in [-0.4, -0.2) is 16.9 Å². The van der Waals surface area contributed by atoms with E-state index in [1.807, 2.05) is 6.07 Å². The van der Waals surface area contributed by atoms with Gasteiger partial charge < -0.3 is 5.11 Å². The molecule has 0 saturated carbocycles. The van der Waals surface area contributed by atoms with Crippen LogP contribution >= 0.6 is 15.9 Å². The van der Waals surface area contributed by atoms with Gasteiger partial charge in [-0.15, -0.1) is 0 Å². The van der Waals surface area contributed by atoms with Crippen LogP contribution in [0.3, 0.4) is 0 Å². The van der Waals surface area contributed by atoms with Crippen LogP contribution in [0, 0.1) is 0 Å². The predicted octanol–water partition coefficient (Wildman–Crippen LogP) is 4.04. The second-order valence-corrected chi connectivity index (χ2v) is 5.02. The van der Waals surface area contributed by atoms with E-state index in [1.165, 1.54) is 18.2 Å². The number of ketones is 1. The first-order valence-corrected chi connectivity index (χ1v) is 6.67. The molecule has 0 aliphatic carbocycles. The smallest absolute Gasteiger partial charge is 0.336 e. The first-order chi connectivity index (χ1) is 9.58. The van der Waals surface area contributed by atoms with Gasteiger partial charge in [0.05, 0.1) is 5.56 Å². The number of halogens is 1. The Balaban J connectivity index is 2.26. The van der Waals surface area contributed by atoms with E-state index in [-0.39, 0.29) is 11.3 Å². The third-order valence-corrected chi connectivity index (χ3v) is 3.21. The number of rotatable bonds is 4. The molecule has 0 atom stereocenters. The fraction of sp³-hybridized carbons (Fsp3) is 0. The summed E-state index contributed by atoms with van der Waals surface area (Å²) in [4.78, 5) is 23.1. The first-order valence-electron chi connectivity index (χ1n) is 5.88. The second kappa shape index (κ2) is 6.30. The molecule has 0 radical (unpaired) electrons. The molecule has 0 aliphatic heterocycles. The molecule has 0 spiro atoms. The van der Waals surface area contributed by atoms with Gasteiger partial charge in [-0.05, 0) is 29.8 Å². The first kappa shape index (κ1) is 14.2. The van der Waals surface area contributed by atoms with Crippen LogP contribution in [0.5, 0.6) is 0 Å². The van der Waals surface area contributed by atoms with Gasteiger partial charge in [0.15, 0.2) is 5.78 Å². The average molecular weight is 331 g/mol. The molecule has 20 heavy (non-hydrogen) atoms. The van der Waals surface area contributed by atoms with Crippen molar-refractivity contribution in [3.63, 3.8) is 0 Å². The van der Waals surface area contributed by atoms with Gasteiger partial charge in [0.1, 0.15) is 0 Å². The normalized spacial score (nSPS) is 10.7. The van der Waals surface area contributed by atoms with Crippen LogP contribution in [0.1, 0.15) is 26.3 Å². The number of carbonyl (C=O) groups excluding carboxylic acids is 1. The summed E-state index contributed by atoms with van der Waals surface area (Å²) in [6.45, 7) is 0. The Kier molecular flexibility index (Phi) is 4.48. The number of carboxylic acid groups (broad SMARTS) is 1. The molecule has 0 fully saturated rings. The van der Waals surface area contributed by atoms with Gasteiger partial charge >= 0.3 is 5.97 Å². The summed E-state index contributed by atoms with van der Waals surface area (Å²) < 4.78 is 0.822. The van der Waals surface area contributed by atoms with Crippen LogP contribution in [0.25, 0.3) is 6.08 Å². The van der Waals surface area contributed by atoms with Crippen LogP contribution in [0.4, 0.5) is 0 Å². The molecule has 0 aliphatic rings. The van der Waals surface area contributed by atoms with Crippen LogP contribution < -0.4 is 0 Å². The van der Waals surface area contributed by atoms with E-state index in [0.717, 1.165) is 4.47 Å². The molecule has 0 unspecified atom stereocenters. The van der Waals surface area contributed by atoms with Gasteiger partial charge in [0, 0.05) is 10.0 Å². The highest BCUT2D eigenvalue weighted by atomic mass is 79.9.